The van der Waals surface area contributed by atoms with Gasteiger partial charge in [-0.25, -0.2) is 9.78 Å². The average molecular weight is 367 g/mol. The first kappa shape index (κ1) is 19.4. The Kier molecular flexibility index (Phi) is 6.52. The highest BCUT2D eigenvalue weighted by Gasteiger charge is 2.27. The smallest absolute Gasteiger partial charge is 0.350 e. The quantitative estimate of drug-likeness (QED) is 0.808. The molecule has 0 bridgehead atoms. The second-order valence-electron chi connectivity index (χ2n) is 6.70. The van der Waals surface area contributed by atoms with Crippen LogP contribution >= 0.6 is 11.3 Å². The Morgan fingerprint density at radius 1 is 1.32 bits per heavy atom. The maximum absolute atomic E-state index is 12.4. The van der Waals surface area contributed by atoms with Crippen LogP contribution < -0.4 is 5.32 Å². The van der Waals surface area contributed by atoms with Gasteiger partial charge in [-0.2, -0.15) is 0 Å². The van der Waals surface area contributed by atoms with Crippen LogP contribution in [0, 0.1) is 18.8 Å². The molecule has 1 aliphatic heterocycles. The van der Waals surface area contributed by atoms with E-state index in [9.17, 15) is 14.4 Å². The number of nitrogens with zero attached hydrogens (tertiary/aromatic N) is 2. The number of carbonyl (C=O) groups excluding carboxylic acids is 3. The Morgan fingerprint density at radius 2 is 1.96 bits per heavy atom. The number of rotatable bonds is 5. The highest BCUT2D eigenvalue weighted by atomic mass is 32.1. The normalized spacial score (nSPS) is 15.3. The number of hydrogen-bond acceptors (Lipinski definition) is 6. The van der Waals surface area contributed by atoms with E-state index in [4.69, 9.17) is 4.74 Å². The Labute approximate surface area is 151 Å². The van der Waals surface area contributed by atoms with Crippen molar-refractivity contribution in [1.29, 1.82) is 0 Å². The van der Waals surface area contributed by atoms with Crippen molar-refractivity contribution in [3.8, 4) is 0 Å². The Hall–Kier alpha value is -1.96. The van der Waals surface area contributed by atoms with Gasteiger partial charge >= 0.3 is 5.97 Å². The van der Waals surface area contributed by atoms with Crippen molar-refractivity contribution >= 4 is 34.3 Å². The first-order valence-corrected chi connectivity index (χ1v) is 9.30. The lowest BCUT2D eigenvalue weighted by Gasteiger charge is -2.30. The molecule has 1 aromatic heterocycles. The molecule has 1 fully saturated rings. The van der Waals surface area contributed by atoms with Crippen LogP contribution in [-0.2, 0) is 14.3 Å². The molecule has 0 radical (unpaired) electrons. The van der Waals surface area contributed by atoms with Gasteiger partial charge in [0.25, 0.3) is 0 Å². The second-order valence-corrected chi connectivity index (χ2v) is 7.69. The summed E-state index contributed by atoms with van der Waals surface area (Å²) in [6.07, 6.45) is 1.28. The number of likely N-dealkylation sites (tertiary alicyclic amines) is 1. The summed E-state index contributed by atoms with van der Waals surface area (Å²) < 4.78 is 5.22. The molecule has 1 N–H and O–H groups in total. The van der Waals surface area contributed by atoms with Crippen molar-refractivity contribution in [3.63, 3.8) is 0 Å². The number of amides is 2. The van der Waals surface area contributed by atoms with Crippen LogP contribution in [0.25, 0.3) is 0 Å². The monoisotopic (exact) mass is 367 g/mol. The van der Waals surface area contributed by atoms with Gasteiger partial charge in [0.15, 0.2) is 5.13 Å². The van der Waals surface area contributed by atoms with Crippen molar-refractivity contribution in [2.75, 3.05) is 25.0 Å². The van der Waals surface area contributed by atoms with Crippen molar-refractivity contribution in [2.45, 2.75) is 40.5 Å². The number of aryl methyl sites for hydroxylation is 1. The molecule has 25 heavy (non-hydrogen) atoms. The molecule has 0 aliphatic carbocycles. The van der Waals surface area contributed by atoms with Gasteiger partial charge in [0.1, 0.15) is 4.88 Å². The summed E-state index contributed by atoms with van der Waals surface area (Å²) in [6, 6.07) is 0. The standard InChI is InChI=1S/C17H25N3O4S/c1-10(2)9-24-16(23)14-11(3)18-17(25-14)19-15(22)13-5-7-20(8-6-13)12(4)21/h10,13H,5-9H2,1-4H3,(H,18,19,22). The summed E-state index contributed by atoms with van der Waals surface area (Å²) in [5, 5.41) is 3.20. The summed E-state index contributed by atoms with van der Waals surface area (Å²) in [5.74, 6) is -0.356. The van der Waals surface area contributed by atoms with Crippen LogP contribution in [0.3, 0.4) is 0 Å². The number of aromatic nitrogens is 1. The molecule has 0 saturated carbocycles. The lowest BCUT2D eigenvalue weighted by atomic mass is 9.96. The van der Waals surface area contributed by atoms with Crippen LogP contribution in [0.2, 0.25) is 0 Å². The number of esters is 1. The Bertz CT molecular complexity index is 648. The second kappa shape index (κ2) is 8.42. The number of nitrogens with one attached hydrogen (secondary N) is 1. The number of ether oxygens (including phenoxy) is 1. The third kappa shape index (κ3) is 5.26. The van der Waals surface area contributed by atoms with E-state index in [1.165, 1.54) is 0 Å². The number of anilines is 1. The van der Waals surface area contributed by atoms with Crippen molar-refractivity contribution in [1.82, 2.24) is 9.88 Å². The van der Waals surface area contributed by atoms with E-state index in [0.29, 0.717) is 48.2 Å². The van der Waals surface area contributed by atoms with Gasteiger partial charge in [-0.3, -0.25) is 9.59 Å². The Morgan fingerprint density at radius 3 is 2.52 bits per heavy atom. The molecule has 1 saturated heterocycles. The SMILES string of the molecule is CC(=O)N1CCC(C(=O)Nc2nc(C)c(C(=O)OCC(C)C)s2)CC1. The maximum atomic E-state index is 12.4. The van der Waals surface area contributed by atoms with Crippen LogP contribution in [0.15, 0.2) is 0 Å². The minimum atomic E-state index is -0.404. The summed E-state index contributed by atoms with van der Waals surface area (Å²) >= 11 is 1.13. The molecule has 138 valence electrons. The van der Waals surface area contributed by atoms with Gasteiger partial charge in [-0.1, -0.05) is 25.2 Å². The summed E-state index contributed by atoms with van der Waals surface area (Å²) in [4.78, 5) is 42.2. The van der Waals surface area contributed by atoms with E-state index in [-0.39, 0.29) is 23.7 Å². The van der Waals surface area contributed by atoms with Crippen molar-refractivity contribution < 1.29 is 19.1 Å². The summed E-state index contributed by atoms with van der Waals surface area (Å²) in [6.45, 7) is 8.74. The van der Waals surface area contributed by atoms with Gasteiger partial charge in [-0.15, -0.1) is 0 Å². The van der Waals surface area contributed by atoms with E-state index >= 15 is 0 Å². The molecule has 0 unspecified atom stereocenters. The van der Waals surface area contributed by atoms with Crippen molar-refractivity contribution in [2.24, 2.45) is 11.8 Å². The fourth-order valence-electron chi connectivity index (χ4n) is 2.61. The molecule has 2 rings (SSSR count). The first-order chi connectivity index (χ1) is 11.8. The molecular weight excluding hydrogens is 342 g/mol. The number of piperidine rings is 1. The van der Waals surface area contributed by atoms with Gasteiger partial charge in [0, 0.05) is 25.9 Å². The lowest BCUT2D eigenvalue weighted by molar-refractivity contribution is -0.132. The van der Waals surface area contributed by atoms with Gasteiger partial charge < -0.3 is 15.0 Å². The van der Waals surface area contributed by atoms with E-state index in [2.05, 4.69) is 10.3 Å². The van der Waals surface area contributed by atoms with Crippen LogP contribution in [0.4, 0.5) is 5.13 Å². The van der Waals surface area contributed by atoms with Crippen LogP contribution in [0.5, 0.6) is 0 Å². The fourth-order valence-corrected chi connectivity index (χ4v) is 3.47. The predicted molar refractivity (Wildman–Crippen MR) is 95.6 cm³/mol. The van der Waals surface area contributed by atoms with E-state index in [1.54, 1.807) is 18.7 Å². The fraction of sp³-hybridized carbons (Fsp3) is 0.647. The molecule has 2 heterocycles. The minimum Gasteiger partial charge on any atom is -0.461 e. The van der Waals surface area contributed by atoms with Crippen LogP contribution in [0.1, 0.15) is 49.0 Å². The zero-order chi connectivity index (χ0) is 18.6. The molecular formula is C17H25N3O4S. The van der Waals surface area contributed by atoms with E-state index in [0.717, 1.165) is 11.3 Å². The maximum Gasteiger partial charge on any atom is 0.350 e. The third-order valence-electron chi connectivity index (χ3n) is 4.07. The molecule has 2 amide bonds. The molecule has 0 atom stereocenters. The number of hydrogen-bond donors (Lipinski definition) is 1. The van der Waals surface area contributed by atoms with Gasteiger partial charge in [0.05, 0.1) is 12.3 Å². The van der Waals surface area contributed by atoms with E-state index < -0.39 is 5.97 Å². The topological polar surface area (TPSA) is 88.6 Å². The average Bonchev–Trinajstić information content (AvgIpc) is 2.93. The molecule has 7 nitrogen and oxygen atoms in total. The van der Waals surface area contributed by atoms with Crippen LogP contribution in [-0.4, -0.2) is 47.4 Å². The molecule has 0 aromatic carbocycles. The summed E-state index contributed by atoms with van der Waals surface area (Å²) in [5.41, 5.74) is 0.556. The minimum absolute atomic E-state index is 0.0407. The number of thiazole rings is 1. The largest absolute Gasteiger partial charge is 0.461 e. The first-order valence-electron chi connectivity index (χ1n) is 8.48. The van der Waals surface area contributed by atoms with E-state index in [1.807, 2.05) is 13.8 Å². The molecule has 8 heteroatoms. The highest BCUT2D eigenvalue weighted by molar-refractivity contribution is 7.17. The third-order valence-corrected chi connectivity index (χ3v) is 5.12. The molecule has 0 spiro atoms. The van der Waals surface area contributed by atoms with Gasteiger partial charge in [-0.05, 0) is 25.7 Å². The summed E-state index contributed by atoms with van der Waals surface area (Å²) in [7, 11) is 0. The Balaban J connectivity index is 1.92. The molecule has 1 aliphatic rings. The zero-order valence-corrected chi connectivity index (χ0v) is 15.9. The predicted octanol–water partition coefficient (Wildman–Crippen LogP) is 2.46. The zero-order valence-electron chi connectivity index (χ0n) is 15.1. The van der Waals surface area contributed by atoms with Gasteiger partial charge in [0.2, 0.25) is 11.8 Å². The van der Waals surface area contributed by atoms with Crippen molar-refractivity contribution in [3.05, 3.63) is 10.6 Å². The lowest BCUT2D eigenvalue weighted by Crippen LogP contribution is -2.40. The number of carbonyl (C=O) groups is 3. The highest BCUT2D eigenvalue weighted by Crippen LogP contribution is 2.25. The molecule has 1 aromatic rings.